The number of aryl methyl sites for hydroxylation is 1. The first-order valence-corrected chi connectivity index (χ1v) is 7.37. The second kappa shape index (κ2) is 5.37. The molecule has 0 fully saturated rings. The van der Waals surface area contributed by atoms with Gasteiger partial charge in [-0.05, 0) is 36.4 Å². The Morgan fingerprint density at radius 2 is 1.91 bits per heavy atom. The smallest absolute Gasteiger partial charge is 0.159 e. The van der Waals surface area contributed by atoms with Crippen LogP contribution in [-0.2, 0) is 12.5 Å². The molecule has 0 saturated carbocycles. The molecule has 112 valence electrons. The summed E-state index contributed by atoms with van der Waals surface area (Å²) in [6, 6.07) is 7.99. The molecule has 0 N–H and O–H groups in total. The molecular weight excluding hydrogens is 272 g/mol. The summed E-state index contributed by atoms with van der Waals surface area (Å²) in [5, 5.41) is 5.63. The second-order valence-corrected chi connectivity index (χ2v) is 6.48. The Bertz CT molecular complexity index is 838. The first kappa shape index (κ1) is 14.4. The van der Waals surface area contributed by atoms with Gasteiger partial charge in [-0.15, -0.1) is 0 Å². The van der Waals surface area contributed by atoms with E-state index in [0.29, 0.717) is 0 Å². The highest BCUT2D eigenvalue weighted by Gasteiger charge is 2.20. The van der Waals surface area contributed by atoms with Crippen LogP contribution in [0, 0.1) is 0 Å². The van der Waals surface area contributed by atoms with Crippen molar-refractivity contribution in [2.75, 3.05) is 0 Å². The molecule has 3 aromatic heterocycles. The van der Waals surface area contributed by atoms with E-state index in [1.54, 1.807) is 6.20 Å². The first-order valence-electron chi connectivity index (χ1n) is 7.37. The summed E-state index contributed by atoms with van der Waals surface area (Å²) in [4.78, 5) is 8.86. The average Bonchev–Trinajstić information content (AvgIpc) is 2.86. The number of aromatic nitrogens is 4. The molecule has 3 rings (SSSR count). The molecule has 0 spiro atoms. The van der Waals surface area contributed by atoms with Crippen molar-refractivity contribution in [3.05, 3.63) is 53.6 Å². The van der Waals surface area contributed by atoms with Crippen molar-refractivity contribution in [1.29, 1.82) is 0 Å². The zero-order valence-corrected chi connectivity index (χ0v) is 13.4. The molecule has 0 saturated heterocycles. The van der Waals surface area contributed by atoms with Gasteiger partial charge in [0.1, 0.15) is 0 Å². The standard InChI is InChI=1S/C18H20N4/c1-18(2,3)16-14(12-22(4)21-16)8-10-15-9-7-13-6-5-11-19-17(13)20-15/h5-12H,1-4H3. The number of nitrogens with zero attached hydrogens (tertiary/aromatic N) is 4. The summed E-state index contributed by atoms with van der Waals surface area (Å²) in [5.41, 5.74) is 3.89. The van der Waals surface area contributed by atoms with Crippen LogP contribution < -0.4 is 0 Å². The van der Waals surface area contributed by atoms with Crippen molar-refractivity contribution >= 4 is 23.2 Å². The molecule has 4 nitrogen and oxygen atoms in total. The maximum atomic E-state index is 4.58. The summed E-state index contributed by atoms with van der Waals surface area (Å²) in [6.07, 6.45) is 7.89. The molecule has 22 heavy (non-hydrogen) atoms. The van der Waals surface area contributed by atoms with Gasteiger partial charge in [0.05, 0.1) is 11.4 Å². The summed E-state index contributed by atoms with van der Waals surface area (Å²) < 4.78 is 1.86. The van der Waals surface area contributed by atoms with E-state index in [4.69, 9.17) is 0 Å². The highest BCUT2D eigenvalue weighted by molar-refractivity contribution is 5.77. The van der Waals surface area contributed by atoms with Gasteiger partial charge in [0.2, 0.25) is 0 Å². The number of hydrogen-bond donors (Lipinski definition) is 0. The lowest BCUT2D eigenvalue weighted by Crippen LogP contribution is -2.13. The Balaban J connectivity index is 1.96. The maximum Gasteiger partial charge on any atom is 0.159 e. The second-order valence-electron chi connectivity index (χ2n) is 6.48. The average molecular weight is 292 g/mol. The van der Waals surface area contributed by atoms with Gasteiger partial charge in [-0.1, -0.05) is 20.8 Å². The maximum absolute atomic E-state index is 4.58. The summed E-state index contributed by atoms with van der Waals surface area (Å²) >= 11 is 0. The van der Waals surface area contributed by atoms with Gasteiger partial charge in [-0.3, -0.25) is 4.68 Å². The first-order chi connectivity index (χ1) is 10.4. The van der Waals surface area contributed by atoms with Crippen molar-refractivity contribution in [3.63, 3.8) is 0 Å². The van der Waals surface area contributed by atoms with Crippen molar-refractivity contribution in [1.82, 2.24) is 19.7 Å². The topological polar surface area (TPSA) is 43.6 Å². The Morgan fingerprint density at radius 1 is 1.09 bits per heavy atom. The molecule has 0 aliphatic carbocycles. The molecule has 0 radical (unpaired) electrons. The van der Waals surface area contributed by atoms with Crippen LogP contribution in [0.2, 0.25) is 0 Å². The Morgan fingerprint density at radius 3 is 2.68 bits per heavy atom. The fourth-order valence-corrected chi connectivity index (χ4v) is 2.45. The Hall–Kier alpha value is -2.49. The largest absolute Gasteiger partial charge is 0.275 e. The van der Waals surface area contributed by atoms with Crippen LogP contribution in [0.25, 0.3) is 23.2 Å². The normalized spacial score (nSPS) is 12.4. The minimum Gasteiger partial charge on any atom is -0.275 e. The number of fused-ring (bicyclic) bond motifs is 1. The SMILES string of the molecule is Cn1cc(C=Cc2ccc3cccnc3n2)c(C(C)(C)C)n1. The summed E-state index contributed by atoms with van der Waals surface area (Å²) in [5.74, 6) is 0. The Labute approximate surface area is 130 Å². The number of rotatable bonds is 2. The fraction of sp³-hybridized carbons (Fsp3) is 0.278. The van der Waals surface area contributed by atoms with Gasteiger partial charge in [0, 0.05) is 35.8 Å². The summed E-state index contributed by atoms with van der Waals surface area (Å²) in [7, 11) is 1.95. The van der Waals surface area contributed by atoms with E-state index in [0.717, 1.165) is 28.0 Å². The van der Waals surface area contributed by atoms with E-state index in [1.165, 1.54) is 0 Å². The van der Waals surface area contributed by atoms with Crippen LogP contribution in [0.15, 0.2) is 36.7 Å². The van der Waals surface area contributed by atoms with Gasteiger partial charge in [-0.2, -0.15) is 5.10 Å². The molecule has 0 bridgehead atoms. The van der Waals surface area contributed by atoms with Gasteiger partial charge < -0.3 is 0 Å². The van der Waals surface area contributed by atoms with Crippen molar-refractivity contribution in [3.8, 4) is 0 Å². The minimum absolute atomic E-state index is 0.0132. The summed E-state index contributed by atoms with van der Waals surface area (Å²) in [6.45, 7) is 6.51. The van der Waals surface area contributed by atoms with Crippen LogP contribution in [-0.4, -0.2) is 19.7 Å². The number of hydrogen-bond acceptors (Lipinski definition) is 3. The van der Waals surface area contributed by atoms with E-state index >= 15 is 0 Å². The van der Waals surface area contributed by atoms with Gasteiger partial charge in [-0.25, -0.2) is 9.97 Å². The van der Waals surface area contributed by atoms with Crippen molar-refractivity contribution in [2.24, 2.45) is 7.05 Å². The third-order valence-corrected chi connectivity index (χ3v) is 3.49. The lowest BCUT2D eigenvalue weighted by Gasteiger charge is -2.16. The van der Waals surface area contributed by atoms with Gasteiger partial charge in [0.15, 0.2) is 5.65 Å². The van der Waals surface area contributed by atoms with E-state index in [9.17, 15) is 0 Å². The third kappa shape index (κ3) is 2.91. The molecule has 3 heterocycles. The van der Waals surface area contributed by atoms with Crippen LogP contribution in [0.1, 0.15) is 37.7 Å². The predicted molar refractivity (Wildman–Crippen MR) is 90.4 cm³/mol. The van der Waals surface area contributed by atoms with E-state index < -0.39 is 0 Å². The molecular formula is C18H20N4. The van der Waals surface area contributed by atoms with Crippen LogP contribution in [0.3, 0.4) is 0 Å². The lowest BCUT2D eigenvalue weighted by molar-refractivity contribution is 0.552. The van der Waals surface area contributed by atoms with Crippen LogP contribution in [0.5, 0.6) is 0 Å². The van der Waals surface area contributed by atoms with Gasteiger partial charge >= 0.3 is 0 Å². The lowest BCUT2D eigenvalue weighted by atomic mass is 9.89. The molecule has 0 aromatic carbocycles. The van der Waals surface area contributed by atoms with Crippen LogP contribution >= 0.6 is 0 Å². The highest BCUT2D eigenvalue weighted by Crippen LogP contribution is 2.25. The zero-order chi connectivity index (χ0) is 15.7. The monoisotopic (exact) mass is 292 g/mol. The molecule has 0 aliphatic rings. The van der Waals surface area contributed by atoms with Crippen molar-refractivity contribution in [2.45, 2.75) is 26.2 Å². The number of pyridine rings is 2. The molecule has 4 heteroatoms. The van der Waals surface area contributed by atoms with Crippen LogP contribution in [0.4, 0.5) is 0 Å². The minimum atomic E-state index is 0.0132. The molecule has 0 aliphatic heterocycles. The van der Waals surface area contributed by atoms with Crippen molar-refractivity contribution < 1.29 is 0 Å². The zero-order valence-electron chi connectivity index (χ0n) is 13.4. The molecule has 3 aromatic rings. The third-order valence-electron chi connectivity index (χ3n) is 3.49. The Kier molecular flexibility index (Phi) is 3.53. The van der Waals surface area contributed by atoms with E-state index in [1.807, 2.05) is 48.3 Å². The fourth-order valence-electron chi connectivity index (χ4n) is 2.45. The molecule has 0 atom stereocenters. The van der Waals surface area contributed by atoms with E-state index in [2.05, 4.69) is 41.9 Å². The molecule has 0 unspecified atom stereocenters. The highest BCUT2D eigenvalue weighted by atomic mass is 15.3. The predicted octanol–water partition coefficient (Wildman–Crippen LogP) is 3.83. The van der Waals surface area contributed by atoms with E-state index in [-0.39, 0.29) is 5.41 Å². The molecule has 0 amide bonds. The van der Waals surface area contributed by atoms with Gasteiger partial charge in [0.25, 0.3) is 0 Å². The quantitative estimate of drug-likeness (QED) is 0.721.